The maximum absolute atomic E-state index is 9.68. The van der Waals surface area contributed by atoms with Crippen molar-refractivity contribution in [3.05, 3.63) is 34.9 Å². The summed E-state index contributed by atoms with van der Waals surface area (Å²) in [6.45, 7) is 0. The molecule has 0 amide bonds. The first-order chi connectivity index (χ1) is 8.70. The van der Waals surface area contributed by atoms with E-state index in [0.717, 1.165) is 30.7 Å². The van der Waals surface area contributed by atoms with Crippen molar-refractivity contribution in [2.75, 3.05) is 0 Å². The highest BCUT2D eigenvalue weighted by molar-refractivity contribution is 8.14. The molecule has 18 heavy (non-hydrogen) atoms. The zero-order valence-electron chi connectivity index (χ0n) is 10.1. The van der Waals surface area contributed by atoms with Gasteiger partial charge in [-0.25, -0.2) is 0 Å². The van der Waals surface area contributed by atoms with E-state index in [0.29, 0.717) is 11.3 Å². The van der Waals surface area contributed by atoms with Gasteiger partial charge in [-0.05, 0) is 37.0 Å². The smallest absolute Gasteiger partial charge is 0.0727 e. The van der Waals surface area contributed by atoms with Gasteiger partial charge in [-0.2, -0.15) is 0 Å². The van der Waals surface area contributed by atoms with E-state index in [1.165, 1.54) is 10.6 Å². The molecule has 1 saturated carbocycles. The molecular formula is C14H16ClNOS. The van der Waals surface area contributed by atoms with E-state index in [1.807, 2.05) is 23.9 Å². The van der Waals surface area contributed by atoms with Gasteiger partial charge >= 0.3 is 0 Å². The van der Waals surface area contributed by atoms with Crippen LogP contribution in [0.3, 0.4) is 0 Å². The van der Waals surface area contributed by atoms with Crippen LogP contribution in [0.1, 0.15) is 24.8 Å². The van der Waals surface area contributed by atoms with Gasteiger partial charge < -0.3 is 5.11 Å². The standard InChI is InChI=1S/C14H16ClNOS/c15-10-3-1-9(2-4-10)7-14-16-12-6-5-11(17)8-13(12)18-14/h1-4,11-13,17H,5-8H2. The third-order valence-corrected chi connectivity index (χ3v) is 5.18. The second-order valence-corrected chi connectivity index (χ2v) is 6.77. The van der Waals surface area contributed by atoms with Crippen LogP contribution in [0.15, 0.2) is 29.3 Å². The number of rotatable bonds is 2. The van der Waals surface area contributed by atoms with Crippen LogP contribution in [-0.4, -0.2) is 27.5 Å². The molecule has 4 heteroatoms. The average molecular weight is 282 g/mol. The fourth-order valence-corrected chi connectivity index (χ4v) is 4.21. The Balaban J connectivity index is 1.66. The molecule has 0 bridgehead atoms. The van der Waals surface area contributed by atoms with Crippen molar-refractivity contribution in [3.63, 3.8) is 0 Å². The predicted molar refractivity (Wildman–Crippen MR) is 77.6 cm³/mol. The van der Waals surface area contributed by atoms with E-state index in [4.69, 9.17) is 16.6 Å². The maximum Gasteiger partial charge on any atom is 0.0727 e. The number of nitrogens with zero attached hydrogens (tertiary/aromatic N) is 1. The number of halogens is 1. The lowest BCUT2D eigenvalue weighted by molar-refractivity contribution is 0.127. The predicted octanol–water partition coefficient (Wildman–Crippen LogP) is 3.31. The highest BCUT2D eigenvalue weighted by Crippen LogP contribution is 2.38. The highest BCUT2D eigenvalue weighted by Gasteiger charge is 2.35. The largest absolute Gasteiger partial charge is 0.393 e. The summed E-state index contributed by atoms with van der Waals surface area (Å²) in [4.78, 5) is 4.80. The first-order valence-electron chi connectivity index (χ1n) is 6.36. The topological polar surface area (TPSA) is 32.6 Å². The minimum Gasteiger partial charge on any atom is -0.393 e. The minimum absolute atomic E-state index is 0.121. The third kappa shape index (κ3) is 2.73. The summed E-state index contributed by atoms with van der Waals surface area (Å²) in [5, 5.41) is 12.2. The molecular weight excluding hydrogens is 266 g/mol. The Morgan fingerprint density at radius 2 is 2.06 bits per heavy atom. The Kier molecular flexibility index (Phi) is 3.64. The third-order valence-electron chi connectivity index (χ3n) is 3.60. The summed E-state index contributed by atoms with van der Waals surface area (Å²) in [7, 11) is 0. The monoisotopic (exact) mass is 281 g/mol. The van der Waals surface area contributed by atoms with Gasteiger partial charge in [0.1, 0.15) is 0 Å². The molecule has 3 unspecified atom stereocenters. The number of aliphatic imine (C=N–C) groups is 1. The van der Waals surface area contributed by atoms with Gasteiger partial charge in [-0.1, -0.05) is 23.7 Å². The van der Waals surface area contributed by atoms with Crippen molar-refractivity contribution >= 4 is 28.4 Å². The van der Waals surface area contributed by atoms with Crippen LogP contribution in [0.25, 0.3) is 0 Å². The Labute approximate surface area is 116 Å². The van der Waals surface area contributed by atoms with Crippen LogP contribution in [0.4, 0.5) is 0 Å². The SMILES string of the molecule is OC1CCC2N=C(Cc3ccc(Cl)cc3)SC2C1. The van der Waals surface area contributed by atoms with E-state index in [-0.39, 0.29) is 6.10 Å². The summed E-state index contributed by atoms with van der Waals surface area (Å²) in [6, 6.07) is 8.40. The second-order valence-electron chi connectivity index (χ2n) is 5.02. The fraction of sp³-hybridized carbons (Fsp3) is 0.500. The molecule has 3 atom stereocenters. The first kappa shape index (κ1) is 12.5. The van der Waals surface area contributed by atoms with E-state index in [1.54, 1.807) is 0 Å². The van der Waals surface area contributed by atoms with Crippen LogP contribution in [0, 0.1) is 0 Å². The molecule has 0 aromatic heterocycles. The molecule has 1 aromatic rings. The number of hydrogen-bond acceptors (Lipinski definition) is 3. The zero-order valence-corrected chi connectivity index (χ0v) is 11.6. The summed E-state index contributed by atoms with van der Waals surface area (Å²) in [5.41, 5.74) is 1.25. The van der Waals surface area contributed by atoms with Gasteiger partial charge in [-0.3, -0.25) is 4.99 Å². The Bertz CT molecular complexity index is 459. The van der Waals surface area contributed by atoms with Crippen molar-refractivity contribution in [1.82, 2.24) is 0 Å². The first-order valence-corrected chi connectivity index (χ1v) is 7.62. The molecule has 1 N–H and O–H groups in total. The van der Waals surface area contributed by atoms with E-state index in [9.17, 15) is 5.11 Å². The number of hydrogen-bond donors (Lipinski definition) is 1. The maximum atomic E-state index is 9.68. The molecule has 96 valence electrons. The Morgan fingerprint density at radius 1 is 1.28 bits per heavy atom. The molecule has 1 aliphatic carbocycles. The lowest BCUT2D eigenvalue weighted by Gasteiger charge is -2.26. The number of thioether (sulfide) groups is 1. The Morgan fingerprint density at radius 3 is 2.83 bits per heavy atom. The molecule has 2 aliphatic rings. The number of benzene rings is 1. The summed E-state index contributed by atoms with van der Waals surface area (Å²) < 4.78 is 0. The van der Waals surface area contributed by atoms with E-state index < -0.39 is 0 Å². The van der Waals surface area contributed by atoms with Gasteiger partial charge in [0.15, 0.2) is 0 Å². The van der Waals surface area contributed by atoms with Crippen molar-refractivity contribution in [2.24, 2.45) is 4.99 Å². The van der Waals surface area contributed by atoms with Gasteiger partial charge in [0, 0.05) is 16.7 Å². The number of aliphatic hydroxyl groups is 1. The molecule has 1 heterocycles. The molecule has 1 aliphatic heterocycles. The minimum atomic E-state index is -0.121. The van der Waals surface area contributed by atoms with Gasteiger partial charge in [0.2, 0.25) is 0 Å². The lowest BCUT2D eigenvalue weighted by Crippen LogP contribution is -2.30. The molecule has 0 radical (unpaired) electrons. The van der Waals surface area contributed by atoms with Crippen molar-refractivity contribution < 1.29 is 5.11 Å². The molecule has 0 spiro atoms. The molecule has 0 saturated heterocycles. The fourth-order valence-electron chi connectivity index (χ4n) is 2.62. The molecule has 1 aromatic carbocycles. The zero-order chi connectivity index (χ0) is 12.5. The van der Waals surface area contributed by atoms with Crippen LogP contribution in [-0.2, 0) is 6.42 Å². The quantitative estimate of drug-likeness (QED) is 0.902. The Hall–Kier alpha value is -0.510. The average Bonchev–Trinajstić information content (AvgIpc) is 2.73. The van der Waals surface area contributed by atoms with Gasteiger partial charge in [0.25, 0.3) is 0 Å². The van der Waals surface area contributed by atoms with Crippen LogP contribution in [0.2, 0.25) is 5.02 Å². The number of fused-ring (bicyclic) bond motifs is 1. The summed E-state index contributed by atoms with van der Waals surface area (Å²) in [6.07, 6.45) is 3.60. The van der Waals surface area contributed by atoms with Gasteiger partial charge in [-0.15, -0.1) is 11.8 Å². The second kappa shape index (κ2) is 5.24. The van der Waals surface area contributed by atoms with Crippen LogP contribution >= 0.6 is 23.4 Å². The van der Waals surface area contributed by atoms with Crippen LogP contribution < -0.4 is 0 Å². The summed E-state index contributed by atoms with van der Waals surface area (Å²) >= 11 is 7.74. The molecule has 1 fully saturated rings. The molecule has 2 nitrogen and oxygen atoms in total. The van der Waals surface area contributed by atoms with E-state index in [2.05, 4.69) is 12.1 Å². The molecule has 3 rings (SSSR count). The van der Waals surface area contributed by atoms with E-state index >= 15 is 0 Å². The van der Waals surface area contributed by atoms with Crippen molar-refractivity contribution in [3.8, 4) is 0 Å². The van der Waals surface area contributed by atoms with Gasteiger partial charge in [0.05, 0.1) is 17.2 Å². The van der Waals surface area contributed by atoms with Crippen molar-refractivity contribution in [2.45, 2.75) is 43.1 Å². The number of aliphatic hydroxyl groups excluding tert-OH is 1. The van der Waals surface area contributed by atoms with Crippen molar-refractivity contribution in [1.29, 1.82) is 0 Å². The van der Waals surface area contributed by atoms with Crippen LogP contribution in [0.5, 0.6) is 0 Å². The summed E-state index contributed by atoms with van der Waals surface area (Å²) in [5.74, 6) is 0. The highest BCUT2D eigenvalue weighted by atomic mass is 35.5. The lowest BCUT2D eigenvalue weighted by atomic mass is 9.93. The normalized spacial score (nSPS) is 31.0.